The van der Waals surface area contributed by atoms with E-state index in [1.165, 1.54) is 24.3 Å². The van der Waals surface area contributed by atoms with Crippen LogP contribution in [0, 0.1) is 16.0 Å². The molecule has 1 aromatic carbocycles. The highest BCUT2D eigenvalue weighted by Crippen LogP contribution is 2.17. The molecule has 0 atom stereocenters. The predicted molar refractivity (Wildman–Crippen MR) is 97.7 cm³/mol. The molecule has 3 amide bonds. The number of hydrogen-bond donors (Lipinski definition) is 3. The van der Waals surface area contributed by atoms with Crippen LogP contribution in [-0.2, 0) is 4.79 Å². The van der Waals surface area contributed by atoms with E-state index < -0.39 is 4.92 Å². The number of nitro benzene ring substituents is 1. The van der Waals surface area contributed by atoms with Crippen LogP contribution in [0.5, 0.6) is 0 Å². The minimum Gasteiger partial charge on any atom is -0.369 e. The number of nitro groups is 1. The second kappa shape index (κ2) is 9.71. The molecule has 9 nitrogen and oxygen atoms in total. The Balaban J connectivity index is 1.56. The highest BCUT2D eigenvalue weighted by Gasteiger charge is 2.22. The lowest BCUT2D eigenvalue weighted by atomic mass is 9.96. The number of nitrogens with two attached hydrogens (primary N) is 1. The summed E-state index contributed by atoms with van der Waals surface area (Å²) in [6, 6.07) is 5.34. The molecule has 9 heteroatoms. The standard InChI is InChI=1S/C17H25N5O4/c18-16(23)13-7-11-21(12-8-13)10-2-1-9-19-17(24)20-14-3-5-15(6-4-14)22(25)26/h3-6,13H,1-2,7-12H2,(H2,18,23)(H2,19,20,24). The molecule has 4 N–H and O–H groups in total. The van der Waals surface area contributed by atoms with Crippen molar-refractivity contribution in [2.75, 3.05) is 31.5 Å². The molecule has 1 aromatic rings. The minimum atomic E-state index is -0.486. The van der Waals surface area contributed by atoms with E-state index in [-0.39, 0.29) is 23.5 Å². The van der Waals surface area contributed by atoms with Crippen molar-refractivity contribution in [2.24, 2.45) is 11.7 Å². The van der Waals surface area contributed by atoms with Gasteiger partial charge in [-0.25, -0.2) is 4.79 Å². The van der Waals surface area contributed by atoms with Crippen LogP contribution in [0.4, 0.5) is 16.2 Å². The number of benzene rings is 1. The summed E-state index contributed by atoms with van der Waals surface area (Å²) in [5.74, 6) is -0.191. The number of carbonyl (C=O) groups is 2. The number of rotatable bonds is 8. The van der Waals surface area contributed by atoms with Crippen molar-refractivity contribution in [2.45, 2.75) is 25.7 Å². The maximum Gasteiger partial charge on any atom is 0.319 e. The van der Waals surface area contributed by atoms with Gasteiger partial charge in [0, 0.05) is 30.3 Å². The number of amides is 3. The molecular formula is C17H25N5O4. The second-order valence-electron chi connectivity index (χ2n) is 6.41. The van der Waals surface area contributed by atoms with Crippen LogP contribution in [0.1, 0.15) is 25.7 Å². The minimum absolute atomic E-state index is 0.0102. The first-order chi connectivity index (χ1) is 12.5. The molecule has 0 bridgehead atoms. The van der Waals surface area contributed by atoms with Gasteiger partial charge in [0.1, 0.15) is 0 Å². The highest BCUT2D eigenvalue weighted by atomic mass is 16.6. The van der Waals surface area contributed by atoms with Gasteiger partial charge in [-0.05, 0) is 57.5 Å². The third-order valence-corrected chi connectivity index (χ3v) is 4.51. The van der Waals surface area contributed by atoms with Crippen molar-refractivity contribution in [3.05, 3.63) is 34.4 Å². The van der Waals surface area contributed by atoms with E-state index in [4.69, 9.17) is 5.73 Å². The zero-order valence-electron chi connectivity index (χ0n) is 14.6. The maximum atomic E-state index is 11.8. The van der Waals surface area contributed by atoms with Crippen LogP contribution in [0.15, 0.2) is 24.3 Å². The van der Waals surface area contributed by atoms with Gasteiger partial charge in [-0.2, -0.15) is 0 Å². The van der Waals surface area contributed by atoms with Gasteiger partial charge in [-0.3, -0.25) is 14.9 Å². The molecule has 2 rings (SSSR count). The average molecular weight is 363 g/mol. The summed E-state index contributed by atoms with van der Waals surface area (Å²) in [5.41, 5.74) is 5.81. The molecule has 26 heavy (non-hydrogen) atoms. The summed E-state index contributed by atoms with van der Waals surface area (Å²) in [7, 11) is 0. The fourth-order valence-electron chi connectivity index (χ4n) is 2.95. The Morgan fingerprint density at radius 2 is 1.85 bits per heavy atom. The molecule has 1 fully saturated rings. The van der Waals surface area contributed by atoms with E-state index >= 15 is 0 Å². The number of hydrogen-bond acceptors (Lipinski definition) is 5. The molecule has 0 aromatic heterocycles. The van der Waals surface area contributed by atoms with Gasteiger partial charge in [-0.15, -0.1) is 0 Å². The lowest BCUT2D eigenvalue weighted by Crippen LogP contribution is -2.39. The molecule has 0 aliphatic carbocycles. The fourth-order valence-corrected chi connectivity index (χ4v) is 2.95. The first-order valence-corrected chi connectivity index (χ1v) is 8.76. The summed E-state index contributed by atoms with van der Waals surface area (Å²) >= 11 is 0. The van der Waals surface area contributed by atoms with Gasteiger partial charge in [0.15, 0.2) is 0 Å². The predicted octanol–water partition coefficient (Wildman–Crippen LogP) is 1.69. The van der Waals surface area contributed by atoms with Crippen LogP contribution < -0.4 is 16.4 Å². The number of piperidine rings is 1. The van der Waals surface area contributed by atoms with Crippen molar-refractivity contribution >= 4 is 23.3 Å². The summed E-state index contributed by atoms with van der Waals surface area (Å²) in [5, 5.41) is 16.0. The lowest BCUT2D eigenvalue weighted by molar-refractivity contribution is -0.384. The third kappa shape index (κ3) is 6.32. The molecular weight excluding hydrogens is 338 g/mol. The summed E-state index contributed by atoms with van der Waals surface area (Å²) in [6.45, 7) is 3.27. The highest BCUT2D eigenvalue weighted by molar-refractivity contribution is 5.89. The van der Waals surface area contributed by atoms with E-state index in [0.717, 1.165) is 45.3 Å². The van der Waals surface area contributed by atoms with Crippen molar-refractivity contribution < 1.29 is 14.5 Å². The second-order valence-corrected chi connectivity index (χ2v) is 6.41. The van der Waals surface area contributed by atoms with Gasteiger partial charge in [-0.1, -0.05) is 0 Å². The number of nitrogens with zero attached hydrogens (tertiary/aromatic N) is 2. The van der Waals surface area contributed by atoms with Gasteiger partial charge < -0.3 is 21.3 Å². The number of non-ortho nitro benzene ring substituents is 1. The monoisotopic (exact) mass is 363 g/mol. The Kier molecular flexibility index (Phi) is 7.34. The van der Waals surface area contributed by atoms with E-state index in [1.54, 1.807) is 0 Å². The third-order valence-electron chi connectivity index (χ3n) is 4.51. The Morgan fingerprint density at radius 1 is 1.19 bits per heavy atom. The fraction of sp³-hybridized carbons (Fsp3) is 0.529. The number of urea groups is 1. The Morgan fingerprint density at radius 3 is 2.42 bits per heavy atom. The van der Waals surface area contributed by atoms with Crippen LogP contribution >= 0.6 is 0 Å². The number of carbonyl (C=O) groups excluding carboxylic acids is 2. The maximum absolute atomic E-state index is 11.8. The summed E-state index contributed by atoms with van der Waals surface area (Å²) in [4.78, 5) is 35.3. The van der Waals surface area contributed by atoms with Crippen molar-refractivity contribution in [1.82, 2.24) is 10.2 Å². The zero-order chi connectivity index (χ0) is 18.9. The number of nitrogens with one attached hydrogen (secondary N) is 2. The Hall–Kier alpha value is -2.68. The summed E-state index contributed by atoms with van der Waals surface area (Å²) in [6.07, 6.45) is 3.46. The van der Waals surface area contributed by atoms with Crippen LogP contribution in [0.3, 0.4) is 0 Å². The largest absolute Gasteiger partial charge is 0.369 e. The van der Waals surface area contributed by atoms with Gasteiger partial charge in [0.05, 0.1) is 4.92 Å². The summed E-state index contributed by atoms with van der Waals surface area (Å²) < 4.78 is 0. The number of likely N-dealkylation sites (tertiary alicyclic amines) is 1. The Bertz CT molecular complexity index is 627. The molecule has 1 saturated heterocycles. The van der Waals surface area contributed by atoms with Crippen molar-refractivity contribution in [3.8, 4) is 0 Å². The molecule has 0 saturated carbocycles. The van der Waals surface area contributed by atoms with Crippen LogP contribution in [0.2, 0.25) is 0 Å². The number of unbranched alkanes of at least 4 members (excludes halogenated alkanes) is 1. The van der Waals surface area contributed by atoms with E-state index in [2.05, 4.69) is 15.5 Å². The zero-order valence-corrected chi connectivity index (χ0v) is 14.6. The van der Waals surface area contributed by atoms with E-state index in [1.807, 2.05) is 0 Å². The smallest absolute Gasteiger partial charge is 0.319 e. The lowest BCUT2D eigenvalue weighted by Gasteiger charge is -2.30. The quantitative estimate of drug-likeness (QED) is 0.367. The average Bonchev–Trinajstić information content (AvgIpc) is 2.62. The molecule has 1 heterocycles. The molecule has 1 aliphatic heterocycles. The van der Waals surface area contributed by atoms with Gasteiger partial charge in [0.2, 0.25) is 5.91 Å². The van der Waals surface area contributed by atoms with E-state index in [0.29, 0.717) is 12.2 Å². The first-order valence-electron chi connectivity index (χ1n) is 8.76. The van der Waals surface area contributed by atoms with Gasteiger partial charge >= 0.3 is 6.03 Å². The molecule has 0 radical (unpaired) electrons. The van der Waals surface area contributed by atoms with Crippen molar-refractivity contribution in [3.63, 3.8) is 0 Å². The van der Waals surface area contributed by atoms with Crippen molar-refractivity contribution in [1.29, 1.82) is 0 Å². The van der Waals surface area contributed by atoms with Crippen LogP contribution in [0.25, 0.3) is 0 Å². The SMILES string of the molecule is NC(=O)C1CCN(CCCCNC(=O)Nc2ccc([N+](=O)[O-])cc2)CC1. The number of primary amides is 1. The molecule has 142 valence electrons. The first kappa shape index (κ1) is 19.6. The number of anilines is 1. The molecule has 0 spiro atoms. The Labute approximate surface area is 152 Å². The normalized spacial score (nSPS) is 15.4. The van der Waals surface area contributed by atoms with Gasteiger partial charge in [0.25, 0.3) is 5.69 Å². The van der Waals surface area contributed by atoms with Crippen LogP contribution in [-0.4, -0.2) is 47.9 Å². The van der Waals surface area contributed by atoms with E-state index in [9.17, 15) is 19.7 Å². The molecule has 0 unspecified atom stereocenters. The topological polar surface area (TPSA) is 131 Å². The molecule has 1 aliphatic rings.